The average Bonchev–Trinajstić information content (AvgIpc) is 2.51. The number of carbonyl (C=O) groups is 2. The summed E-state index contributed by atoms with van der Waals surface area (Å²) in [6, 6.07) is 13.8. The molecule has 0 spiro atoms. The summed E-state index contributed by atoms with van der Waals surface area (Å²) in [5.74, 6) is -0.615. The van der Waals surface area contributed by atoms with E-state index >= 15 is 0 Å². The van der Waals surface area contributed by atoms with E-state index in [1.54, 1.807) is 36.4 Å². The van der Waals surface area contributed by atoms with Crippen molar-refractivity contribution >= 4 is 23.4 Å². The van der Waals surface area contributed by atoms with Crippen LogP contribution in [0.25, 0.3) is 0 Å². The van der Waals surface area contributed by atoms with Crippen molar-refractivity contribution in [2.24, 2.45) is 0 Å². The van der Waals surface area contributed by atoms with E-state index in [1.807, 2.05) is 39.8 Å². The number of hydrogen-bond acceptors (Lipinski definition) is 2. The fourth-order valence-electron chi connectivity index (χ4n) is 2.20. The molecule has 0 saturated heterocycles. The van der Waals surface area contributed by atoms with E-state index in [2.05, 4.69) is 5.43 Å². The van der Waals surface area contributed by atoms with Gasteiger partial charge in [-0.3, -0.25) is 15.0 Å². The first-order valence-corrected chi connectivity index (χ1v) is 8.04. The summed E-state index contributed by atoms with van der Waals surface area (Å²) >= 11 is 5.87. The van der Waals surface area contributed by atoms with Gasteiger partial charge < -0.3 is 0 Å². The smallest absolute Gasteiger partial charge is 0.267 e. The maximum absolute atomic E-state index is 12.8. The number of hydrazine groups is 1. The normalized spacial score (nSPS) is 11.0. The SMILES string of the molecule is Cc1cccc(C(=O)NN(C(=O)c2ccc(Cl)cc2)C(C)(C)C)c1. The second kappa shape index (κ2) is 7.05. The molecule has 4 nitrogen and oxygen atoms in total. The summed E-state index contributed by atoms with van der Waals surface area (Å²) < 4.78 is 0. The first kappa shape index (κ1) is 18.0. The third-order valence-corrected chi connectivity index (χ3v) is 3.71. The number of carbonyl (C=O) groups excluding carboxylic acids is 2. The van der Waals surface area contributed by atoms with Crippen LogP contribution in [-0.2, 0) is 0 Å². The molecule has 2 aromatic carbocycles. The lowest BCUT2D eigenvalue weighted by molar-refractivity contribution is 0.0358. The van der Waals surface area contributed by atoms with Crippen molar-refractivity contribution in [3.05, 3.63) is 70.2 Å². The fraction of sp³-hybridized carbons (Fsp3) is 0.263. The van der Waals surface area contributed by atoms with Gasteiger partial charge >= 0.3 is 0 Å². The van der Waals surface area contributed by atoms with Gasteiger partial charge in [-0.1, -0.05) is 29.3 Å². The Morgan fingerprint density at radius 1 is 1.00 bits per heavy atom. The molecule has 24 heavy (non-hydrogen) atoms. The molecule has 0 heterocycles. The topological polar surface area (TPSA) is 49.4 Å². The molecule has 2 aromatic rings. The van der Waals surface area contributed by atoms with Crippen molar-refractivity contribution in [3.63, 3.8) is 0 Å². The van der Waals surface area contributed by atoms with Crippen molar-refractivity contribution in [3.8, 4) is 0 Å². The molecule has 0 saturated carbocycles. The van der Waals surface area contributed by atoms with Crippen molar-refractivity contribution in [2.75, 3.05) is 0 Å². The van der Waals surface area contributed by atoms with Crippen molar-refractivity contribution in [1.29, 1.82) is 0 Å². The van der Waals surface area contributed by atoms with Gasteiger partial charge in [0.05, 0.1) is 5.54 Å². The number of aryl methyl sites for hydroxylation is 1. The minimum atomic E-state index is -0.587. The molecule has 2 amide bonds. The Morgan fingerprint density at radius 2 is 1.62 bits per heavy atom. The Morgan fingerprint density at radius 3 is 2.17 bits per heavy atom. The number of rotatable bonds is 2. The zero-order valence-electron chi connectivity index (χ0n) is 14.3. The lowest BCUT2D eigenvalue weighted by Crippen LogP contribution is -2.55. The van der Waals surface area contributed by atoms with Crippen LogP contribution in [0.4, 0.5) is 0 Å². The molecule has 0 fully saturated rings. The molecule has 0 aliphatic rings. The van der Waals surface area contributed by atoms with Crippen LogP contribution in [0.1, 0.15) is 47.1 Å². The average molecular weight is 345 g/mol. The highest BCUT2D eigenvalue weighted by atomic mass is 35.5. The summed E-state index contributed by atoms with van der Waals surface area (Å²) in [7, 11) is 0. The monoisotopic (exact) mass is 344 g/mol. The van der Waals surface area contributed by atoms with E-state index in [0.29, 0.717) is 16.1 Å². The molecule has 5 heteroatoms. The maximum atomic E-state index is 12.8. The van der Waals surface area contributed by atoms with Gasteiger partial charge in [-0.2, -0.15) is 0 Å². The highest BCUT2D eigenvalue weighted by molar-refractivity contribution is 6.30. The molecule has 0 bridgehead atoms. The van der Waals surface area contributed by atoms with E-state index in [-0.39, 0.29) is 11.8 Å². The van der Waals surface area contributed by atoms with Gasteiger partial charge in [-0.25, -0.2) is 5.01 Å². The predicted octanol–water partition coefficient (Wildman–Crippen LogP) is 4.23. The largest absolute Gasteiger partial charge is 0.272 e. The summed E-state index contributed by atoms with van der Waals surface area (Å²) in [6.07, 6.45) is 0. The van der Waals surface area contributed by atoms with Crippen molar-refractivity contribution in [2.45, 2.75) is 33.2 Å². The van der Waals surface area contributed by atoms with Gasteiger partial charge in [-0.05, 0) is 64.1 Å². The number of halogens is 1. The van der Waals surface area contributed by atoms with Gasteiger partial charge in [0.25, 0.3) is 11.8 Å². The third kappa shape index (κ3) is 4.36. The standard InChI is InChI=1S/C19H21ClN2O2/c1-13-6-5-7-15(12-13)17(23)21-22(19(2,3)4)18(24)14-8-10-16(20)11-9-14/h5-12H,1-4H3,(H,21,23). The first-order valence-electron chi connectivity index (χ1n) is 7.66. The van der Waals surface area contributed by atoms with E-state index < -0.39 is 5.54 Å². The Kier molecular flexibility index (Phi) is 5.30. The molecule has 0 radical (unpaired) electrons. The maximum Gasteiger partial charge on any atom is 0.272 e. The summed E-state index contributed by atoms with van der Waals surface area (Å²) in [6.45, 7) is 7.49. The van der Waals surface area contributed by atoms with E-state index in [9.17, 15) is 9.59 Å². The predicted molar refractivity (Wildman–Crippen MR) is 96.0 cm³/mol. The molecule has 1 N–H and O–H groups in total. The van der Waals surface area contributed by atoms with E-state index in [4.69, 9.17) is 11.6 Å². The number of hydrogen-bond donors (Lipinski definition) is 1. The summed E-state index contributed by atoms with van der Waals surface area (Å²) in [5.41, 5.74) is 4.08. The summed E-state index contributed by atoms with van der Waals surface area (Å²) in [4.78, 5) is 25.3. The molecule has 0 atom stereocenters. The van der Waals surface area contributed by atoms with Crippen LogP contribution in [0, 0.1) is 6.92 Å². The van der Waals surface area contributed by atoms with Crippen LogP contribution in [0.3, 0.4) is 0 Å². The van der Waals surface area contributed by atoms with Gasteiger partial charge in [0.2, 0.25) is 0 Å². The Balaban J connectivity index is 2.27. The lowest BCUT2D eigenvalue weighted by atomic mass is 10.1. The Bertz CT molecular complexity index is 749. The first-order chi connectivity index (χ1) is 11.2. The van der Waals surface area contributed by atoms with Gasteiger partial charge in [0, 0.05) is 16.1 Å². The minimum absolute atomic E-state index is 0.292. The second-order valence-electron chi connectivity index (χ2n) is 6.63. The Hall–Kier alpha value is -2.33. The quantitative estimate of drug-likeness (QED) is 0.828. The number of amides is 2. The number of nitrogens with one attached hydrogen (secondary N) is 1. The van der Waals surface area contributed by atoms with Crippen LogP contribution >= 0.6 is 11.6 Å². The molecule has 0 unspecified atom stereocenters. The fourth-order valence-corrected chi connectivity index (χ4v) is 2.32. The van der Waals surface area contributed by atoms with Crippen LogP contribution < -0.4 is 5.43 Å². The minimum Gasteiger partial charge on any atom is -0.267 e. The van der Waals surface area contributed by atoms with Crippen LogP contribution in [0.15, 0.2) is 48.5 Å². The van der Waals surface area contributed by atoms with Crippen molar-refractivity contribution < 1.29 is 9.59 Å². The molecule has 0 aromatic heterocycles. The van der Waals surface area contributed by atoms with Crippen LogP contribution in [0.2, 0.25) is 5.02 Å². The van der Waals surface area contributed by atoms with Crippen molar-refractivity contribution in [1.82, 2.24) is 10.4 Å². The van der Waals surface area contributed by atoms with E-state index in [0.717, 1.165) is 5.56 Å². The molecule has 0 aliphatic carbocycles. The molecule has 2 rings (SSSR count). The highest BCUT2D eigenvalue weighted by Gasteiger charge is 2.29. The van der Waals surface area contributed by atoms with Gasteiger partial charge in [-0.15, -0.1) is 0 Å². The van der Waals surface area contributed by atoms with Gasteiger partial charge in [0.15, 0.2) is 0 Å². The number of nitrogens with zero attached hydrogens (tertiary/aromatic N) is 1. The Labute approximate surface area is 147 Å². The third-order valence-electron chi connectivity index (χ3n) is 3.46. The molecule has 126 valence electrons. The lowest BCUT2D eigenvalue weighted by Gasteiger charge is -2.35. The van der Waals surface area contributed by atoms with Crippen LogP contribution in [-0.4, -0.2) is 22.4 Å². The highest BCUT2D eigenvalue weighted by Crippen LogP contribution is 2.17. The number of benzene rings is 2. The molecule has 0 aliphatic heterocycles. The molecular formula is C19H21ClN2O2. The second-order valence-corrected chi connectivity index (χ2v) is 7.07. The van der Waals surface area contributed by atoms with Gasteiger partial charge in [0.1, 0.15) is 0 Å². The molecular weight excluding hydrogens is 324 g/mol. The van der Waals surface area contributed by atoms with E-state index in [1.165, 1.54) is 5.01 Å². The van der Waals surface area contributed by atoms with Crippen LogP contribution in [0.5, 0.6) is 0 Å². The summed E-state index contributed by atoms with van der Waals surface area (Å²) in [5, 5.41) is 1.90. The zero-order chi connectivity index (χ0) is 17.9. The zero-order valence-corrected chi connectivity index (χ0v) is 15.0.